The van der Waals surface area contributed by atoms with Gasteiger partial charge in [0.1, 0.15) is 6.33 Å². The molecular formula is C24H26ClN3O. The number of ether oxygens (including phenoxy) is 1. The first-order valence-electron chi connectivity index (χ1n) is 10.6. The molecule has 3 aromatic rings. The number of aromatic nitrogens is 2. The van der Waals surface area contributed by atoms with E-state index in [9.17, 15) is 0 Å². The van der Waals surface area contributed by atoms with Crippen LogP contribution in [-0.4, -0.2) is 40.1 Å². The topological polar surface area (TPSA) is 38.2 Å². The molecule has 150 valence electrons. The van der Waals surface area contributed by atoms with Gasteiger partial charge in [0.05, 0.1) is 18.2 Å². The zero-order chi connectivity index (χ0) is 19.6. The van der Waals surface area contributed by atoms with Crippen molar-refractivity contribution in [2.75, 3.05) is 13.1 Å². The van der Waals surface area contributed by atoms with E-state index < -0.39 is 0 Å². The van der Waals surface area contributed by atoms with Crippen molar-refractivity contribution in [1.29, 1.82) is 0 Å². The molecule has 2 heterocycles. The number of benzene rings is 2. The third kappa shape index (κ3) is 4.02. The average molecular weight is 408 g/mol. The third-order valence-electron chi connectivity index (χ3n) is 6.54. The van der Waals surface area contributed by atoms with Crippen molar-refractivity contribution in [2.45, 2.75) is 50.4 Å². The summed E-state index contributed by atoms with van der Waals surface area (Å²) in [5.41, 5.74) is 3.48. The van der Waals surface area contributed by atoms with Gasteiger partial charge in [-0.1, -0.05) is 41.9 Å². The van der Waals surface area contributed by atoms with Gasteiger partial charge in [0, 0.05) is 22.6 Å². The Bertz CT molecular complexity index is 972. The van der Waals surface area contributed by atoms with Gasteiger partial charge in [0.25, 0.3) is 0 Å². The van der Waals surface area contributed by atoms with Crippen LogP contribution in [0.1, 0.15) is 42.7 Å². The first-order valence-corrected chi connectivity index (χ1v) is 10.9. The van der Waals surface area contributed by atoms with E-state index in [1.807, 2.05) is 12.3 Å². The van der Waals surface area contributed by atoms with Crippen molar-refractivity contribution in [3.63, 3.8) is 0 Å². The van der Waals surface area contributed by atoms with Crippen LogP contribution in [0.15, 0.2) is 55.0 Å². The molecule has 2 atom stereocenters. The summed E-state index contributed by atoms with van der Waals surface area (Å²) in [5.74, 6) is 0.502. The predicted octanol–water partition coefficient (Wildman–Crippen LogP) is 5.21. The zero-order valence-corrected chi connectivity index (χ0v) is 17.3. The van der Waals surface area contributed by atoms with E-state index in [1.165, 1.54) is 24.0 Å². The minimum atomic E-state index is 0.368. The first-order chi connectivity index (χ1) is 14.3. The fraction of sp³-hybridized carbons (Fsp3) is 0.417. The quantitative estimate of drug-likeness (QED) is 0.581. The molecule has 1 saturated carbocycles. The van der Waals surface area contributed by atoms with Crippen LogP contribution in [0.2, 0.25) is 5.02 Å². The van der Waals surface area contributed by atoms with Gasteiger partial charge in [-0.05, 0) is 68.0 Å². The van der Waals surface area contributed by atoms with Crippen LogP contribution in [0.4, 0.5) is 0 Å². The Kier molecular flexibility index (Phi) is 5.49. The van der Waals surface area contributed by atoms with Gasteiger partial charge >= 0.3 is 0 Å². The van der Waals surface area contributed by atoms with Crippen molar-refractivity contribution in [1.82, 2.24) is 14.9 Å². The Hall–Kier alpha value is -2.01. The molecule has 1 aliphatic heterocycles. The monoisotopic (exact) mass is 407 g/mol. The fourth-order valence-electron chi connectivity index (χ4n) is 4.71. The number of fused-ring (bicyclic) bond motifs is 1. The van der Waals surface area contributed by atoms with E-state index in [2.05, 4.69) is 51.3 Å². The predicted molar refractivity (Wildman–Crippen MR) is 116 cm³/mol. The SMILES string of the molecule is Clc1cc2cncnc2cc1C1CCN(C2CCC2OCc2ccccc2)CC1. The third-order valence-corrected chi connectivity index (χ3v) is 6.87. The number of halogens is 1. The standard InChI is InChI=1S/C24H26ClN3O/c25-21-12-19-14-26-16-27-22(19)13-20(21)18-8-10-28(11-9-18)23-6-7-24(23)29-15-17-4-2-1-3-5-17/h1-5,12-14,16,18,23-24H,6-11,15H2. The minimum Gasteiger partial charge on any atom is -0.372 e. The Morgan fingerprint density at radius 2 is 1.86 bits per heavy atom. The second kappa shape index (κ2) is 8.39. The number of nitrogens with zero attached hydrogens (tertiary/aromatic N) is 3. The molecule has 5 heteroatoms. The van der Waals surface area contributed by atoms with Crippen LogP contribution in [0.5, 0.6) is 0 Å². The summed E-state index contributed by atoms with van der Waals surface area (Å²) in [6.45, 7) is 2.93. The molecular weight excluding hydrogens is 382 g/mol. The van der Waals surface area contributed by atoms with Crippen molar-refractivity contribution < 1.29 is 4.74 Å². The summed E-state index contributed by atoms with van der Waals surface area (Å²) < 4.78 is 6.23. The first kappa shape index (κ1) is 19.0. The van der Waals surface area contributed by atoms with Crippen molar-refractivity contribution in [3.8, 4) is 0 Å². The maximum atomic E-state index is 6.61. The summed E-state index contributed by atoms with van der Waals surface area (Å²) in [4.78, 5) is 11.1. The number of rotatable bonds is 5. The van der Waals surface area contributed by atoms with E-state index in [1.54, 1.807) is 6.33 Å². The lowest BCUT2D eigenvalue weighted by atomic mass is 9.83. The van der Waals surface area contributed by atoms with Crippen LogP contribution in [-0.2, 0) is 11.3 Å². The highest BCUT2D eigenvalue weighted by Gasteiger charge is 2.38. The van der Waals surface area contributed by atoms with Crippen LogP contribution in [0, 0.1) is 0 Å². The summed E-state index contributed by atoms with van der Waals surface area (Å²) in [5, 5.41) is 1.85. The molecule has 2 aliphatic rings. The Labute approximate surface area is 176 Å². The van der Waals surface area contributed by atoms with E-state index >= 15 is 0 Å². The molecule has 4 nitrogen and oxygen atoms in total. The van der Waals surface area contributed by atoms with E-state index in [4.69, 9.17) is 16.3 Å². The lowest BCUT2D eigenvalue weighted by Crippen LogP contribution is -2.53. The van der Waals surface area contributed by atoms with E-state index in [-0.39, 0.29) is 0 Å². The summed E-state index contributed by atoms with van der Waals surface area (Å²) >= 11 is 6.61. The van der Waals surface area contributed by atoms with Crippen molar-refractivity contribution in [2.24, 2.45) is 0 Å². The molecule has 0 bridgehead atoms. The van der Waals surface area contributed by atoms with E-state index in [0.717, 1.165) is 41.9 Å². The molecule has 5 rings (SSSR count). The van der Waals surface area contributed by atoms with Gasteiger partial charge < -0.3 is 4.74 Å². The lowest BCUT2D eigenvalue weighted by molar-refractivity contribution is -0.0839. The Morgan fingerprint density at radius 1 is 1.03 bits per heavy atom. The lowest BCUT2D eigenvalue weighted by Gasteiger charge is -2.46. The normalized spacial score (nSPS) is 23.2. The molecule has 1 saturated heterocycles. The molecule has 0 N–H and O–H groups in total. The van der Waals surface area contributed by atoms with E-state index in [0.29, 0.717) is 24.7 Å². The van der Waals surface area contributed by atoms with Gasteiger partial charge in [-0.15, -0.1) is 0 Å². The maximum Gasteiger partial charge on any atom is 0.116 e. The molecule has 2 aromatic carbocycles. The highest BCUT2D eigenvalue weighted by atomic mass is 35.5. The number of hydrogen-bond donors (Lipinski definition) is 0. The largest absolute Gasteiger partial charge is 0.372 e. The van der Waals surface area contributed by atoms with Gasteiger partial charge in [-0.2, -0.15) is 0 Å². The van der Waals surface area contributed by atoms with Crippen LogP contribution < -0.4 is 0 Å². The van der Waals surface area contributed by atoms with Crippen molar-refractivity contribution in [3.05, 3.63) is 71.1 Å². The minimum absolute atomic E-state index is 0.368. The molecule has 2 fully saturated rings. The molecule has 2 unspecified atom stereocenters. The molecule has 0 amide bonds. The summed E-state index contributed by atoms with van der Waals surface area (Å²) in [6, 6.07) is 15.2. The van der Waals surface area contributed by atoms with Crippen LogP contribution >= 0.6 is 11.6 Å². The summed E-state index contributed by atoms with van der Waals surface area (Å²) in [7, 11) is 0. The Morgan fingerprint density at radius 3 is 2.62 bits per heavy atom. The Balaban J connectivity index is 1.19. The van der Waals surface area contributed by atoms with Crippen LogP contribution in [0.3, 0.4) is 0 Å². The van der Waals surface area contributed by atoms with Gasteiger partial charge in [-0.3, -0.25) is 4.90 Å². The second-order valence-corrected chi connectivity index (χ2v) is 8.65. The highest BCUT2D eigenvalue weighted by Crippen LogP contribution is 2.38. The zero-order valence-electron chi connectivity index (χ0n) is 16.5. The molecule has 1 aliphatic carbocycles. The van der Waals surface area contributed by atoms with Gasteiger partial charge in [0.2, 0.25) is 0 Å². The summed E-state index contributed by atoms with van der Waals surface area (Å²) in [6.07, 6.45) is 8.50. The number of likely N-dealkylation sites (tertiary alicyclic amines) is 1. The van der Waals surface area contributed by atoms with Gasteiger partial charge in [-0.25, -0.2) is 9.97 Å². The van der Waals surface area contributed by atoms with Crippen LogP contribution in [0.25, 0.3) is 10.9 Å². The molecule has 0 spiro atoms. The average Bonchev–Trinajstić information content (AvgIpc) is 2.74. The molecule has 29 heavy (non-hydrogen) atoms. The maximum absolute atomic E-state index is 6.61. The fourth-order valence-corrected chi connectivity index (χ4v) is 5.04. The number of hydrogen-bond acceptors (Lipinski definition) is 4. The second-order valence-electron chi connectivity index (χ2n) is 8.25. The smallest absolute Gasteiger partial charge is 0.116 e. The number of piperidine rings is 1. The molecule has 1 aromatic heterocycles. The highest BCUT2D eigenvalue weighted by molar-refractivity contribution is 6.32. The molecule has 0 radical (unpaired) electrons. The van der Waals surface area contributed by atoms with Crippen molar-refractivity contribution >= 4 is 22.5 Å². The van der Waals surface area contributed by atoms with Gasteiger partial charge in [0.15, 0.2) is 0 Å².